The van der Waals surface area contributed by atoms with Crippen molar-refractivity contribution < 1.29 is 4.74 Å². The zero-order valence-electron chi connectivity index (χ0n) is 8.22. The molecule has 1 aliphatic rings. The summed E-state index contributed by atoms with van der Waals surface area (Å²) in [6, 6.07) is 7.16. The first-order valence-corrected chi connectivity index (χ1v) is 5.90. The lowest BCUT2D eigenvalue weighted by Crippen LogP contribution is -2.45. The van der Waals surface area contributed by atoms with Gasteiger partial charge in [-0.1, -0.05) is 12.1 Å². The van der Waals surface area contributed by atoms with Crippen molar-refractivity contribution >= 4 is 22.6 Å². The van der Waals surface area contributed by atoms with Gasteiger partial charge < -0.3 is 10.1 Å². The molecule has 0 unspecified atom stereocenters. The zero-order valence-corrected chi connectivity index (χ0v) is 10.4. The fourth-order valence-corrected chi connectivity index (χ4v) is 1.77. The molecular formula is C11H14INO. The van der Waals surface area contributed by atoms with Crippen LogP contribution in [0.4, 0.5) is 0 Å². The SMILES string of the molecule is Cc1cc(CNC2COC2)ccc1I. The van der Waals surface area contributed by atoms with Crippen LogP contribution in [0.3, 0.4) is 0 Å². The van der Waals surface area contributed by atoms with E-state index < -0.39 is 0 Å². The van der Waals surface area contributed by atoms with Gasteiger partial charge >= 0.3 is 0 Å². The number of hydrogen-bond acceptors (Lipinski definition) is 2. The van der Waals surface area contributed by atoms with Gasteiger partial charge in [0, 0.05) is 10.1 Å². The third-order valence-electron chi connectivity index (χ3n) is 2.46. The Morgan fingerprint density at radius 1 is 1.50 bits per heavy atom. The molecule has 76 valence electrons. The van der Waals surface area contributed by atoms with Gasteiger partial charge in [-0.25, -0.2) is 0 Å². The lowest BCUT2D eigenvalue weighted by Gasteiger charge is -2.27. The van der Waals surface area contributed by atoms with Gasteiger partial charge in [-0.2, -0.15) is 0 Å². The van der Waals surface area contributed by atoms with Crippen molar-refractivity contribution in [1.29, 1.82) is 0 Å². The van der Waals surface area contributed by atoms with Crippen molar-refractivity contribution in [2.45, 2.75) is 19.5 Å². The molecule has 1 heterocycles. The normalized spacial score (nSPS) is 16.7. The quantitative estimate of drug-likeness (QED) is 0.863. The van der Waals surface area contributed by atoms with Crippen LogP contribution in [0, 0.1) is 10.5 Å². The van der Waals surface area contributed by atoms with Crippen LogP contribution in [0.5, 0.6) is 0 Å². The number of halogens is 1. The molecule has 1 aromatic carbocycles. The molecule has 1 N–H and O–H groups in total. The summed E-state index contributed by atoms with van der Waals surface area (Å²) in [6.07, 6.45) is 0. The Balaban J connectivity index is 1.91. The first-order chi connectivity index (χ1) is 6.75. The van der Waals surface area contributed by atoms with Gasteiger partial charge in [0.2, 0.25) is 0 Å². The standard InChI is InChI=1S/C11H14INO/c1-8-4-9(2-3-11(8)12)5-13-10-6-14-7-10/h2-4,10,13H,5-7H2,1H3. The van der Waals surface area contributed by atoms with Crippen LogP contribution in [-0.2, 0) is 11.3 Å². The van der Waals surface area contributed by atoms with E-state index >= 15 is 0 Å². The number of ether oxygens (including phenoxy) is 1. The zero-order chi connectivity index (χ0) is 9.97. The van der Waals surface area contributed by atoms with Gasteiger partial charge in [0.15, 0.2) is 0 Å². The van der Waals surface area contributed by atoms with Gasteiger partial charge in [-0.15, -0.1) is 0 Å². The van der Waals surface area contributed by atoms with Gasteiger partial charge in [-0.05, 0) is 46.7 Å². The minimum absolute atomic E-state index is 0.564. The minimum Gasteiger partial charge on any atom is -0.378 e. The molecule has 0 aromatic heterocycles. The molecule has 14 heavy (non-hydrogen) atoms. The number of nitrogens with one attached hydrogen (secondary N) is 1. The topological polar surface area (TPSA) is 21.3 Å². The van der Waals surface area contributed by atoms with Crippen molar-refractivity contribution in [1.82, 2.24) is 5.32 Å². The van der Waals surface area contributed by atoms with Crippen molar-refractivity contribution in [2.24, 2.45) is 0 Å². The summed E-state index contributed by atoms with van der Waals surface area (Å²) in [5.41, 5.74) is 2.71. The first kappa shape index (κ1) is 10.4. The molecule has 0 saturated carbocycles. The van der Waals surface area contributed by atoms with E-state index in [1.54, 1.807) is 0 Å². The molecule has 0 atom stereocenters. The summed E-state index contributed by atoms with van der Waals surface area (Å²) in [4.78, 5) is 0. The van der Waals surface area contributed by atoms with Crippen molar-refractivity contribution in [3.05, 3.63) is 32.9 Å². The molecule has 1 fully saturated rings. The third kappa shape index (κ3) is 2.46. The molecular weight excluding hydrogens is 289 g/mol. The van der Waals surface area contributed by atoms with Crippen molar-refractivity contribution in [3.8, 4) is 0 Å². The maximum absolute atomic E-state index is 5.10. The molecule has 0 bridgehead atoms. The van der Waals surface area contributed by atoms with E-state index in [9.17, 15) is 0 Å². The Hall–Kier alpha value is -0.130. The summed E-state index contributed by atoms with van der Waals surface area (Å²) in [7, 11) is 0. The lowest BCUT2D eigenvalue weighted by atomic mass is 10.1. The van der Waals surface area contributed by atoms with Crippen LogP contribution in [0.15, 0.2) is 18.2 Å². The van der Waals surface area contributed by atoms with E-state index in [1.807, 2.05) is 0 Å². The lowest BCUT2D eigenvalue weighted by molar-refractivity contribution is -0.00578. The third-order valence-corrected chi connectivity index (χ3v) is 3.67. The second-order valence-electron chi connectivity index (χ2n) is 3.70. The molecule has 2 nitrogen and oxygen atoms in total. The molecule has 0 radical (unpaired) electrons. The van der Waals surface area contributed by atoms with E-state index in [0.29, 0.717) is 6.04 Å². The Morgan fingerprint density at radius 2 is 2.29 bits per heavy atom. The average molecular weight is 303 g/mol. The van der Waals surface area contributed by atoms with Crippen LogP contribution in [0.25, 0.3) is 0 Å². The highest BCUT2D eigenvalue weighted by molar-refractivity contribution is 14.1. The van der Waals surface area contributed by atoms with Crippen LogP contribution in [0.2, 0.25) is 0 Å². The Kier molecular flexibility index (Phi) is 3.41. The van der Waals surface area contributed by atoms with Gasteiger partial charge in [0.1, 0.15) is 0 Å². The minimum atomic E-state index is 0.564. The number of aryl methyl sites for hydroxylation is 1. The molecule has 1 aliphatic heterocycles. The van der Waals surface area contributed by atoms with Gasteiger partial charge in [0.05, 0.1) is 19.3 Å². The van der Waals surface area contributed by atoms with Crippen LogP contribution in [0.1, 0.15) is 11.1 Å². The molecule has 1 aromatic rings. The summed E-state index contributed by atoms with van der Waals surface area (Å²) < 4.78 is 6.43. The Bertz CT molecular complexity index is 323. The van der Waals surface area contributed by atoms with Crippen molar-refractivity contribution in [3.63, 3.8) is 0 Å². The second-order valence-corrected chi connectivity index (χ2v) is 4.86. The van der Waals surface area contributed by atoms with Crippen LogP contribution in [-0.4, -0.2) is 19.3 Å². The average Bonchev–Trinajstić information content (AvgIpc) is 2.08. The number of rotatable bonds is 3. The first-order valence-electron chi connectivity index (χ1n) is 4.82. The van der Waals surface area contributed by atoms with E-state index in [4.69, 9.17) is 4.74 Å². The molecule has 0 spiro atoms. The monoisotopic (exact) mass is 303 g/mol. The van der Waals surface area contributed by atoms with E-state index in [2.05, 4.69) is 53.0 Å². The summed E-state index contributed by atoms with van der Waals surface area (Å²) >= 11 is 2.36. The summed E-state index contributed by atoms with van der Waals surface area (Å²) in [5.74, 6) is 0. The highest BCUT2D eigenvalue weighted by Crippen LogP contribution is 2.13. The van der Waals surface area contributed by atoms with Crippen LogP contribution < -0.4 is 5.32 Å². The predicted octanol–water partition coefficient (Wildman–Crippen LogP) is 2.09. The highest BCUT2D eigenvalue weighted by atomic mass is 127. The van der Waals surface area contributed by atoms with Gasteiger partial charge in [0.25, 0.3) is 0 Å². The fourth-order valence-electron chi connectivity index (χ4n) is 1.43. The smallest absolute Gasteiger partial charge is 0.0643 e. The molecule has 1 saturated heterocycles. The highest BCUT2D eigenvalue weighted by Gasteiger charge is 2.16. The summed E-state index contributed by atoms with van der Waals surface area (Å²) in [5, 5.41) is 3.45. The van der Waals surface area contributed by atoms with E-state index in [1.165, 1.54) is 14.7 Å². The molecule has 0 aliphatic carbocycles. The largest absolute Gasteiger partial charge is 0.378 e. The Labute approximate surface area is 98.2 Å². The second kappa shape index (κ2) is 4.59. The Morgan fingerprint density at radius 3 is 2.86 bits per heavy atom. The molecule has 3 heteroatoms. The van der Waals surface area contributed by atoms with E-state index in [-0.39, 0.29) is 0 Å². The van der Waals surface area contributed by atoms with Crippen LogP contribution >= 0.6 is 22.6 Å². The fraction of sp³-hybridized carbons (Fsp3) is 0.455. The molecule has 2 rings (SSSR count). The van der Waals surface area contributed by atoms with E-state index in [0.717, 1.165) is 19.8 Å². The number of hydrogen-bond donors (Lipinski definition) is 1. The number of benzene rings is 1. The van der Waals surface area contributed by atoms with Gasteiger partial charge in [-0.3, -0.25) is 0 Å². The predicted molar refractivity (Wildman–Crippen MR) is 65.3 cm³/mol. The van der Waals surface area contributed by atoms with Crippen molar-refractivity contribution in [2.75, 3.05) is 13.2 Å². The summed E-state index contributed by atoms with van der Waals surface area (Å²) in [6.45, 7) is 4.83. The maximum Gasteiger partial charge on any atom is 0.0643 e. The molecule has 0 amide bonds. The maximum atomic E-state index is 5.10.